The number of hydrogen-bond acceptors (Lipinski definition) is 3. The van der Waals surface area contributed by atoms with Crippen LogP contribution in [0.2, 0.25) is 0 Å². The van der Waals surface area contributed by atoms with Gasteiger partial charge in [0.15, 0.2) is 0 Å². The first-order valence-electron chi connectivity index (χ1n) is 6.61. The fourth-order valence-corrected chi connectivity index (χ4v) is 1.63. The molecule has 1 unspecified atom stereocenters. The lowest BCUT2D eigenvalue weighted by atomic mass is 9.85. The first-order chi connectivity index (χ1) is 9.18. The number of carbonyl (C=O) groups excluding carboxylic acids is 2. The van der Waals surface area contributed by atoms with E-state index in [1.54, 1.807) is 24.3 Å². The molecule has 2 amide bonds. The van der Waals surface area contributed by atoms with Gasteiger partial charge >= 0.3 is 0 Å². The maximum absolute atomic E-state index is 11.9. The highest BCUT2D eigenvalue weighted by atomic mass is 16.1. The van der Waals surface area contributed by atoms with Gasteiger partial charge in [-0.25, -0.2) is 0 Å². The minimum atomic E-state index is -0.377. The SMILES string of the molecule is CC(C)(C)C(N)CC(=O)Nc1ccc(CC(N)=O)cc1. The molecule has 20 heavy (non-hydrogen) atoms. The average Bonchev–Trinajstić information content (AvgIpc) is 2.29. The van der Waals surface area contributed by atoms with Crippen molar-refractivity contribution in [3.8, 4) is 0 Å². The molecule has 1 atom stereocenters. The molecular formula is C15H23N3O2. The molecule has 1 aromatic carbocycles. The highest BCUT2D eigenvalue weighted by Crippen LogP contribution is 2.20. The minimum Gasteiger partial charge on any atom is -0.369 e. The summed E-state index contributed by atoms with van der Waals surface area (Å²) in [6, 6.07) is 6.84. The summed E-state index contributed by atoms with van der Waals surface area (Å²) in [6.45, 7) is 6.01. The molecule has 0 aliphatic carbocycles. The molecule has 0 aromatic heterocycles. The van der Waals surface area contributed by atoms with Gasteiger partial charge in [-0.1, -0.05) is 32.9 Å². The number of amides is 2. The second kappa shape index (κ2) is 6.52. The standard InChI is InChI=1S/C15H23N3O2/c1-15(2,3)12(16)9-14(20)18-11-6-4-10(5-7-11)8-13(17)19/h4-7,12H,8-9,16H2,1-3H3,(H2,17,19)(H,18,20). The van der Waals surface area contributed by atoms with Gasteiger partial charge in [0.05, 0.1) is 6.42 Å². The topological polar surface area (TPSA) is 98.2 Å². The molecule has 0 saturated heterocycles. The van der Waals surface area contributed by atoms with Crippen molar-refractivity contribution in [2.24, 2.45) is 16.9 Å². The summed E-state index contributed by atoms with van der Waals surface area (Å²) in [4.78, 5) is 22.7. The van der Waals surface area contributed by atoms with Crippen LogP contribution in [0.4, 0.5) is 5.69 Å². The number of carbonyl (C=O) groups is 2. The maximum atomic E-state index is 11.9. The summed E-state index contributed by atoms with van der Waals surface area (Å²) in [5, 5.41) is 2.79. The lowest BCUT2D eigenvalue weighted by Gasteiger charge is -2.26. The van der Waals surface area contributed by atoms with Gasteiger partial charge in [0, 0.05) is 18.2 Å². The fourth-order valence-electron chi connectivity index (χ4n) is 1.63. The summed E-state index contributed by atoms with van der Waals surface area (Å²) in [7, 11) is 0. The van der Waals surface area contributed by atoms with Crippen LogP contribution in [-0.4, -0.2) is 17.9 Å². The van der Waals surface area contributed by atoms with Crippen molar-refractivity contribution in [1.82, 2.24) is 0 Å². The number of nitrogens with two attached hydrogens (primary N) is 2. The lowest BCUT2D eigenvalue weighted by Crippen LogP contribution is -2.38. The Hall–Kier alpha value is -1.88. The van der Waals surface area contributed by atoms with Crippen molar-refractivity contribution in [2.45, 2.75) is 39.7 Å². The van der Waals surface area contributed by atoms with E-state index in [1.165, 1.54) is 0 Å². The normalized spacial score (nSPS) is 12.8. The van der Waals surface area contributed by atoms with E-state index in [9.17, 15) is 9.59 Å². The van der Waals surface area contributed by atoms with E-state index in [1.807, 2.05) is 20.8 Å². The Morgan fingerprint density at radius 2 is 1.75 bits per heavy atom. The van der Waals surface area contributed by atoms with Gasteiger partial charge in [0.25, 0.3) is 0 Å². The minimum absolute atomic E-state index is 0.108. The third kappa shape index (κ3) is 5.40. The van der Waals surface area contributed by atoms with E-state index in [0.717, 1.165) is 5.56 Å². The van der Waals surface area contributed by atoms with Crippen LogP contribution >= 0.6 is 0 Å². The Morgan fingerprint density at radius 1 is 1.20 bits per heavy atom. The molecule has 110 valence electrons. The molecule has 5 nitrogen and oxygen atoms in total. The Balaban J connectivity index is 2.56. The van der Waals surface area contributed by atoms with Crippen LogP contribution in [-0.2, 0) is 16.0 Å². The van der Waals surface area contributed by atoms with E-state index in [-0.39, 0.29) is 36.1 Å². The zero-order valence-corrected chi connectivity index (χ0v) is 12.3. The summed E-state index contributed by atoms with van der Waals surface area (Å²) in [5.74, 6) is -0.493. The van der Waals surface area contributed by atoms with Crippen LogP contribution < -0.4 is 16.8 Å². The van der Waals surface area contributed by atoms with Gasteiger partial charge < -0.3 is 16.8 Å². The fraction of sp³-hybridized carbons (Fsp3) is 0.467. The van der Waals surface area contributed by atoms with E-state index >= 15 is 0 Å². The maximum Gasteiger partial charge on any atom is 0.225 e. The molecule has 0 radical (unpaired) electrons. The summed E-state index contributed by atoms with van der Waals surface area (Å²) in [5.41, 5.74) is 12.5. The van der Waals surface area contributed by atoms with Gasteiger partial charge in [-0.15, -0.1) is 0 Å². The highest BCUT2D eigenvalue weighted by Gasteiger charge is 2.23. The van der Waals surface area contributed by atoms with Crippen LogP contribution in [0.25, 0.3) is 0 Å². The summed E-state index contributed by atoms with van der Waals surface area (Å²) < 4.78 is 0. The smallest absolute Gasteiger partial charge is 0.225 e. The van der Waals surface area contributed by atoms with Crippen LogP contribution in [0.5, 0.6) is 0 Å². The molecule has 1 rings (SSSR count). The Kier molecular flexibility index (Phi) is 5.27. The van der Waals surface area contributed by atoms with Crippen LogP contribution in [0, 0.1) is 5.41 Å². The lowest BCUT2D eigenvalue weighted by molar-refractivity contribution is -0.118. The third-order valence-electron chi connectivity index (χ3n) is 3.13. The molecular weight excluding hydrogens is 254 g/mol. The molecule has 1 aromatic rings. The van der Waals surface area contributed by atoms with Crippen molar-refractivity contribution in [1.29, 1.82) is 0 Å². The quantitative estimate of drug-likeness (QED) is 0.759. The van der Waals surface area contributed by atoms with Gasteiger partial charge in [-0.2, -0.15) is 0 Å². The van der Waals surface area contributed by atoms with Crippen molar-refractivity contribution in [2.75, 3.05) is 5.32 Å². The van der Waals surface area contributed by atoms with Crippen molar-refractivity contribution >= 4 is 17.5 Å². The van der Waals surface area contributed by atoms with Crippen LogP contribution in [0.3, 0.4) is 0 Å². The first kappa shape index (κ1) is 16.2. The Bertz CT molecular complexity index is 475. The number of nitrogens with one attached hydrogen (secondary N) is 1. The number of hydrogen-bond donors (Lipinski definition) is 3. The van der Waals surface area contributed by atoms with E-state index in [2.05, 4.69) is 5.32 Å². The van der Waals surface area contributed by atoms with Gasteiger partial charge in [-0.3, -0.25) is 9.59 Å². The Morgan fingerprint density at radius 3 is 2.20 bits per heavy atom. The number of anilines is 1. The molecule has 0 heterocycles. The predicted molar refractivity (Wildman–Crippen MR) is 80.0 cm³/mol. The molecule has 0 bridgehead atoms. The number of rotatable bonds is 5. The Labute approximate surface area is 119 Å². The molecule has 0 spiro atoms. The second-order valence-electron chi connectivity index (χ2n) is 6.06. The molecule has 5 N–H and O–H groups in total. The monoisotopic (exact) mass is 277 g/mol. The predicted octanol–water partition coefficient (Wildman–Crippen LogP) is 1.42. The van der Waals surface area contributed by atoms with Gasteiger partial charge in [0.1, 0.15) is 0 Å². The largest absolute Gasteiger partial charge is 0.369 e. The summed E-state index contributed by atoms with van der Waals surface area (Å²) >= 11 is 0. The molecule has 0 saturated carbocycles. The number of primary amides is 1. The van der Waals surface area contributed by atoms with Gasteiger partial charge in [0.2, 0.25) is 11.8 Å². The van der Waals surface area contributed by atoms with Crippen LogP contribution in [0.15, 0.2) is 24.3 Å². The van der Waals surface area contributed by atoms with Crippen LogP contribution in [0.1, 0.15) is 32.8 Å². The van der Waals surface area contributed by atoms with E-state index in [0.29, 0.717) is 5.69 Å². The zero-order valence-electron chi connectivity index (χ0n) is 12.3. The second-order valence-corrected chi connectivity index (χ2v) is 6.06. The van der Waals surface area contributed by atoms with Crippen molar-refractivity contribution in [3.05, 3.63) is 29.8 Å². The molecule has 0 fully saturated rings. The molecule has 0 aliphatic heterocycles. The summed E-state index contributed by atoms with van der Waals surface area (Å²) in [6.07, 6.45) is 0.468. The van der Waals surface area contributed by atoms with Crippen molar-refractivity contribution < 1.29 is 9.59 Å². The average molecular weight is 277 g/mol. The zero-order chi connectivity index (χ0) is 15.3. The molecule has 0 aliphatic rings. The van der Waals surface area contributed by atoms with E-state index < -0.39 is 0 Å². The van der Waals surface area contributed by atoms with Crippen molar-refractivity contribution in [3.63, 3.8) is 0 Å². The number of benzene rings is 1. The van der Waals surface area contributed by atoms with E-state index in [4.69, 9.17) is 11.5 Å². The molecule has 5 heteroatoms. The highest BCUT2D eigenvalue weighted by molar-refractivity contribution is 5.91. The first-order valence-corrected chi connectivity index (χ1v) is 6.61. The van der Waals surface area contributed by atoms with Gasteiger partial charge in [-0.05, 0) is 23.1 Å². The third-order valence-corrected chi connectivity index (χ3v) is 3.13.